The smallest absolute Gasteiger partial charge is 0.321 e. The summed E-state index contributed by atoms with van der Waals surface area (Å²) in [6, 6.07) is 14.7. The molecule has 4 rings (SSSR count). The van der Waals surface area contributed by atoms with Crippen molar-refractivity contribution in [2.24, 2.45) is 0 Å². The van der Waals surface area contributed by atoms with Crippen molar-refractivity contribution in [2.75, 3.05) is 18.4 Å². The molecule has 0 aliphatic carbocycles. The lowest BCUT2D eigenvalue weighted by Crippen LogP contribution is -2.45. The second-order valence-electron chi connectivity index (χ2n) is 7.06. The van der Waals surface area contributed by atoms with Gasteiger partial charge in [0.05, 0.1) is 15.1 Å². The van der Waals surface area contributed by atoms with Crippen molar-refractivity contribution in [1.82, 2.24) is 15.2 Å². The molecule has 0 atom stereocenters. The number of carbonyl (C=O) groups is 1. The molecule has 0 spiro atoms. The zero-order valence-corrected chi connectivity index (χ0v) is 16.5. The second kappa shape index (κ2) is 8.54. The van der Waals surface area contributed by atoms with Gasteiger partial charge in [0.1, 0.15) is 0 Å². The van der Waals surface area contributed by atoms with Crippen molar-refractivity contribution in [1.29, 1.82) is 0 Å². The van der Waals surface area contributed by atoms with Crippen LogP contribution < -0.4 is 10.6 Å². The molecule has 0 bridgehead atoms. The Morgan fingerprint density at radius 1 is 1.21 bits per heavy atom. The maximum Gasteiger partial charge on any atom is 0.321 e. The normalized spacial score (nSPS) is 15.3. The average Bonchev–Trinajstić information content (AvgIpc) is 3.11. The lowest BCUT2D eigenvalue weighted by atomic mass is 10.0. The standard InChI is InChI=1S/C20H21N5O3S/c26-19(23-20-22-17-7-6-16(25(27)28)12-18(17)29-20)21-15-8-10-24(11-9-15)13-14-4-2-1-3-5-14/h1-7,12,15H,8-11,13H2,(H2,21,22,23,26). The number of amides is 2. The summed E-state index contributed by atoms with van der Waals surface area (Å²) in [6.07, 6.45) is 1.79. The number of piperidine rings is 1. The first kappa shape index (κ1) is 19.3. The summed E-state index contributed by atoms with van der Waals surface area (Å²) in [5, 5.41) is 17.1. The number of likely N-dealkylation sites (tertiary alicyclic amines) is 1. The van der Waals surface area contributed by atoms with Crippen LogP contribution in [0.1, 0.15) is 18.4 Å². The van der Waals surface area contributed by atoms with E-state index in [0.29, 0.717) is 15.3 Å². The number of nitro groups is 1. The molecule has 150 valence electrons. The monoisotopic (exact) mass is 411 g/mol. The van der Waals surface area contributed by atoms with Gasteiger partial charge >= 0.3 is 6.03 Å². The minimum atomic E-state index is -0.441. The highest BCUT2D eigenvalue weighted by Gasteiger charge is 2.21. The van der Waals surface area contributed by atoms with Crippen LogP contribution in [0.5, 0.6) is 0 Å². The Hall–Kier alpha value is -3.04. The number of fused-ring (bicyclic) bond motifs is 1. The number of anilines is 1. The van der Waals surface area contributed by atoms with Gasteiger partial charge in [0, 0.05) is 37.8 Å². The number of urea groups is 1. The summed E-state index contributed by atoms with van der Waals surface area (Å²) < 4.78 is 0.670. The molecule has 2 amide bonds. The largest absolute Gasteiger partial charge is 0.335 e. The fourth-order valence-electron chi connectivity index (χ4n) is 3.48. The number of hydrogen-bond donors (Lipinski definition) is 2. The minimum absolute atomic E-state index is 0.0133. The van der Waals surface area contributed by atoms with E-state index in [2.05, 4.69) is 32.7 Å². The third-order valence-electron chi connectivity index (χ3n) is 4.98. The molecule has 9 heteroatoms. The second-order valence-corrected chi connectivity index (χ2v) is 8.09. The van der Waals surface area contributed by atoms with Crippen molar-refractivity contribution in [3.63, 3.8) is 0 Å². The van der Waals surface area contributed by atoms with Crippen LogP contribution in [0.4, 0.5) is 15.6 Å². The van der Waals surface area contributed by atoms with Crippen LogP contribution in [0, 0.1) is 10.1 Å². The molecular formula is C20H21N5O3S. The first-order valence-electron chi connectivity index (χ1n) is 9.45. The van der Waals surface area contributed by atoms with Crippen molar-refractivity contribution in [2.45, 2.75) is 25.4 Å². The van der Waals surface area contributed by atoms with Crippen LogP contribution >= 0.6 is 11.3 Å². The average molecular weight is 411 g/mol. The van der Waals surface area contributed by atoms with Gasteiger partial charge in [0.2, 0.25) is 0 Å². The van der Waals surface area contributed by atoms with Gasteiger partial charge in [0.15, 0.2) is 5.13 Å². The molecule has 1 saturated heterocycles. The predicted octanol–water partition coefficient (Wildman–Crippen LogP) is 3.99. The summed E-state index contributed by atoms with van der Waals surface area (Å²) in [7, 11) is 0. The lowest BCUT2D eigenvalue weighted by molar-refractivity contribution is -0.384. The Balaban J connectivity index is 1.28. The SMILES string of the molecule is O=C(Nc1nc2ccc([N+](=O)[O-])cc2s1)NC1CCN(Cc2ccccc2)CC1. The van der Waals surface area contributed by atoms with Crippen LogP contribution in [-0.4, -0.2) is 40.0 Å². The number of nitrogens with zero attached hydrogens (tertiary/aromatic N) is 3. The number of hydrogen-bond acceptors (Lipinski definition) is 6. The van der Waals surface area contributed by atoms with Crippen LogP contribution in [-0.2, 0) is 6.54 Å². The fraction of sp³-hybridized carbons (Fsp3) is 0.300. The Labute approximate surface area is 171 Å². The predicted molar refractivity (Wildman–Crippen MR) is 113 cm³/mol. The van der Waals surface area contributed by atoms with Gasteiger partial charge in [-0.1, -0.05) is 41.7 Å². The Kier molecular flexibility index (Phi) is 5.68. The molecule has 1 aliphatic rings. The molecule has 1 aliphatic heterocycles. The number of benzene rings is 2. The maximum atomic E-state index is 12.3. The number of non-ortho nitro benzene ring substituents is 1. The summed E-state index contributed by atoms with van der Waals surface area (Å²) in [4.78, 5) is 29.5. The highest BCUT2D eigenvalue weighted by atomic mass is 32.1. The Morgan fingerprint density at radius 3 is 2.69 bits per heavy atom. The number of nitrogens with one attached hydrogen (secondary N) is 2. The minimum Gasteiger partial charge on any atom is -0.335 e. The molecule has 0 radical (unpaired) electrons. The van der Waals surface area contributed by atoms with E-state index in [1.165, 1.54) is 29.0 Å². The molecular weight excluding hydrogens is 390 g/mol. The maximum absolute atomic E-state index is 12.3. The zero-order valence-electron chi connectivity index (χ0n) is 15.7. The Bertz CT molecular complexity index is 1020. The van der Waals surface area contributed by atoms with Crippen molar-refractivity contribution >= 4 is 38.4 Å². The highest BCUT2D eigenvalue weighted by Crippen LogP contribution is 2.29. The Morgan fingerprint density at radius 2 is 1.97 bits per heavy atom. The molecule has 3 aromatic rings. The van der Waals surface area contributed by atoms with E-state index in [9.17, 15) is 14.9 Å². The van der Waals surface area contributed by atoms with E-state index in [-0.39, 0.29) is 17.8 Å². The lowest BCUT2D eigenvalue weighted by Gasteiger charge is -2.32. The number of carbonyl (C=O) groups excluding carboxylic acids is 1. The summed E-state index contributed by atoms with van der Waals surface area (Å²) >= 11 is 1.23. The molecule has 0 saturated carbocycles. The van der Waals surface area contributed by atoms with Crippen LogP contribution in [0.3, 0.4) is 0 Å². The van der Waals surface area contributed by atoms with Crippen LogP contribution in [0.2, 0.25) is 0 Å². The number of nitro benzene ring substituents is 1. The topological polar surface area (TPSA) is 100 Å². The van der Waals surface area contributed by atoms with Gasteiger partial charge in [-0.05, 0) is 24.5 Å². The quantitative estimate of drug-likeness (QED) is 0.488. The van der Waals surface area contributed by atoms with E-state index in [1.807, 2.05) is 18.2 Å². The van der Waals surface area contributed by atoms with Gasteiger partial charge in [-0.3, -0.25) is 20.3 Å². The van der Waals surface area contributed by atoms with E-state index in [4.69, 9.17) is 0 Å². The van der Waals surface area contributed by atoms with Crippen molar-refractivity contribution in [3.05, 3.63) is 64.2 Å². The molecule has 29 heavy (non-hydrogen) atoms. The van der Waals surface area contributed by atoms with Crippen LogP contribution in [0.25, 0.3) is 10.2 Å². The third-order valence-corrected chi connectivity index (χ3v) is 5.91. The molecule has 8 nitrogen and oxygen atoms in total. The first-order chi connectivity index (χ1) is 14.1. The van der Waals surface area contributed by atoms with Gasteiger partial charge in [0.25, 0.3) is 5.69 Å². The van der Waals surface area contributed by atoms with Crippen LogP contribution in [0.15, 0.2) is 48.5 Å². The fourth-order valence-corrected chi connectivity index (χ4v) is 4.37. The molecule has 2 aromatic carbocycles. The van der Waals surface area contributed by atoms with E-state index in [1.54, 1.807) is 6.07 Å². The highest BCUT2D eigenvalue weighted by molar-refractivity contribution is 7.22. The van der Waals surface area contributed by atoms with Gasteiger partial charge in [-0.2, -0.15) is 0 Å². The first-order valence-corrected chi connectivity index (χ1v) is 10.3. The van der Waals surface area contributed by atoms with Gasteiger partial charge in [-0.25, -0.2) is 9.78 Å². The number of rotatable bonds is 5. The van der Waals surface area contributed by atoms with E-state index in [0.717, 1.165) is 32.5 Å². The molecule has 1 aromatic heterocycles. The summed E-state index contributed by atoms with van der Waals surface area (Å²) in [5.41, 5.74) is 1.94. The van der Waals surface area contributed by atoms with E-state index >= 15 is 0 Å². The third kappa shape index (κ3) is 4.87. The zero-order chi connectivity index (χ0) is 20.2. The van der Waals surface area contributed by atoms with Crippen molar-refractivity contribution < 1.29 is 9.72 Å². The van der Waals surface area contributed by atoms with Gasteiger partial charge < -0.3 is 5.32 Å². The molecule has 0 unspecified atom stereocenters. The summed E-state index contributed by atoms with van der Waals surface area (Å²) in [5.74, 6) is 0. The van der Waals surface area contributed by atoms with Crippen molar-refractivity contribution in [3.8, 4) is 0 Å². The van der Waals surface area contributed by atoms with Gasteiger partial charge in [-0.15, -0.1) is 0 Å². The van der Waals surface area contributed by atoms with E-state index < -0.39 is 4.92 Å². The molecule has 2 N–H and O–H groups in total. The number of thiazole rings is 1. The molecule has 1 fully saturated rings. The summed E-state index contributed by atoms with van der Waals surface area (Å²) in [6.45, 7) is 2.80. The molecule has 2 heterocycles. The number of aromatic nitrogens is 1.